The zero-order chi connectivity index (χ0) is 19.5. The molecule has 0 aromatic heterocycles. The van der Waals surface area contributed by atoms with Crippen LogP contribution in [0.25, 0.3) is 0 Å². The topological polar surface area (TPSA) is 80.7 Å². The van der Waals surface area contributed by atoms with Crippen molar-refractivity contribution < 1.29 is 22.5 Å². The molecule has 0 saturated heterocycles. The molecule has 0 aliphatic rings. The molecule has 0 atom stereocenters. The second-order valence-electron chi connectivity index (χ2n) is 7.21. The van der Waals surface area contributed by atoms with Crippen molar-refractivity contribution in [1.29, 1.82) is 0 Å². The fourth-order valence-corrected chi connectivity index (χ4v) is 3.27. The van der Waals surface area contributed by atoms with Crippen LogP contribution < -0.4 is 0 Å². The van der Waals surface area contributed by atoms with Crippen molar-refractivity contribution in [2.45, 2.75) is 110 Å². The standard InChI is InChI=1S/C20H40O5S.Na.H/c1-2-3-4-5-6-7-8-9-10-11-12-13-14-15-16-17-20(21)25-18-19-26(22,23)24;;/h2-19H2,1H3,(H,22,23,24);;. The molecule has 7 heteroatoms. The minimum absolute atomic E-state index is 0. The van der Waals surface area contributed by atoms with E-state index in [1.807, 2.05) is 0 Å². The van der Waals surface area contributed by atoms with Crippen molar-refractivity contribution in [3.63, 3.8) is 0 Å². The molecule has 5 nitrogen and oxygen atoms in total. The Morgan fingerprint density at radius 3 is 1.48 bits per heavy atom. The van der Waals surface area contributed by atoms with Gasteiger partial charge in [-0.05, 0) is 6.42 Å². The Morgan fingerprint density at radius 1 is 0.741 bits per heavy atom. The third-order valence-corrected chi connectivity index (χ3v) is 5.27. The van der Waals surface area contributed by atoms with Crippen LogP contribution in [0.4, 0.5) is 0 Å². The van der Waals surface area contributed by atoms with E-state index in [4.69, 9.17) is 9.29 Å². The first-order valence-corrected chi connectivity index (χ1v) is 12.2. The number of hydrogen-bond donors (Lipinski definition) is 1. The van der Waals surface area contributed by atoms with Gasteiger partial charge in [0.1, 0.15) is 12.4 Å². The molecule has 0 aromatic rings. The van der Waals surface area contributed by atoms with E-state index in [-0.39, 0.29) is 42.1 Å². The summed E-state index contributed by atoms with van der Waals surface area (Å²) in [7, 11) is -4.05. The first-order chi connectivity index (χ1) is 12.5. The van der Waals surface area contributed by atoms with E-state index in [0.717, 1.165) is 19.3 Å². The third kappa shape index (κ3) is 26.4. The molecule has 0 radical (unpaired) electrons. The van der Waals surface area contributed by atoms with Crippen LogP contribution in [0.3, 0.4) is 0 Å². The zero-order valence-electron chi connectivity index (χ0n) is 16.7. The Morgan fingerprint density at radius 2 is 1.11 bits per heavy atom. The Labute approximate surface area is 189 Å². The maximum atomic E-state index is 11.4. The Bertz CT molecular complexity index is 426. The molecule has 0 aliphatic heterocycles. The first kappa shape index (κ1) is 29.6. The average molecular weight is 417 g/mol. The predicted octanol–water partition coefficient (Wildman–Crippen LogP) is 5.03. The normalized spacial score (nSPS) is 11.2. The summed E-state index contributed by atoms with van der Waals surface area (Å²) < 4.78 is 34.3. The molecule has 158 valence electrons. The summed E-state index contributed by atoms with van der Waals surface area (Å²) in [5.41, 5.74) is 0. The van der Waals surface area contributed by atoms with Gasteiger partial charge in [0.15, 0.2) is 0 Å². The quantitative estimate of drug-likeness (QED) is 0.138. The summed E-state index contributed by atoms with van der Waals surface area (Å²) in [4.78, 5) is 11.4. The van der Waals surface area contributed by atoms with Gasteiger partial charge in [-0.1, -0.05) is 96.8 Å². The van der Waals surface area contributed by atoms with E-state index >= 15 is 0 Å². The van der Waals surface area contributed by atoms with E-state index in [1.54, 1.807) is 0 Å². The van der Waals surface area contributed by atoms with Crippen LogP contribution in [-0.2, 0) is 19.6 Å². The van der Waals surface area contributed by atoms with Crippen molar-refractivity contribution in [3.8, 4) is 0 Å². The Kier molecular flexibility index (Phi) is 23.1. The molecule has 0 heterocycles. The van der Waals surface area contributed by atoms with Crippen LogP contribution in [0, 0.1) is 0 Å². The molecule has 0 rings (SSSR count). The maximum absolute atomic E-state index is 11.4. The van der Waals surface area contributed by atoms with Gasteiger partial charge in [0.2, 0.25) is 0 Å². The summed E-state index contributed by atoms with van der Waals surface area (Å²) >= 11 is 0. The van der Waals surface area contributed by atoms with Crippen molar-refractivity contribution >= 4 is 45.6 Å². The van der Waals surface area contributed by atoms with Crippen LogP contribution in [0.1, 0.15) is 110 Å². The molecule has 0 saturated carbocycles. The van der Waals surface area contributed by atoms with Crippen LogP contribution in [0.5, 0.6) is 0 Å². The fourth-order valence-electron chi connectivity index (χ4n) is 2.97. The van der Waals surface area contributed by atoms with Gasteiger partial charge in [0.25, 0.3) is 10.1 Å². The van der Waals surface area contributed by atoms with E-state index in [9.17, 15) is 13.2 Å². The van der Waals surface area contributed by atoms with Gasteiger partial charge in [0, 0.05) is 6.42 Å². The van der Waals surface area contributed by atoms with Crippen molar-refractivity contribution in [1.82, 2.24) is 0 Å². The molecule has 0 aromatic carbocycles. The number of rotatable bonds is 19. The predicted molar refractivity (Wildman–Crippen MR) is 114 cm³/mol. The summed E-state index contributed by atoms with van der Waals surface area (Å²) in [5.74, 6) is -0.916. The number of unbranched alkanes of at least 4 members (excludes halogenated alkanes) is 14. The van der Waals surface area contributed by atoms with Crippen molar-refractivity contribution in [2.75, 3.05) is 12.4 Å². The number of carbonyl (C=O) groups is 1. The van der Waals surface area contributed by atoms with Gasteiger partial charge >= 0.3 is 35.5 Å². The van der Waals surface area contributed by atoms with Crippen molar-refractivity contribution in [3.05, 3.63) is 0 Å². The molecular formula is C20H41NaO5S. The Hall–Kier alpha value is 0.380. The van der Waals surface area contributed by atoms with Crippen LogP contribution >= 0.6 is 0 Å². The van der Waals surface area contributed by atoms with Gasteiger partial charge < -0.3 is 4.74 Å². The first-order valence-electron chi connectivity index (χ1n) is 10.6. The molecule has 0 unspecified atom stereocenters. The van der Waals surface area contributed by atoms with Gasteiger partial charge in [-0.3, -0.25) is 9.35 Å². The minimum atomic E-state index is -4.05. The van der Waals surface area contributed by atoms with Crippen LogP contribution in [0.2, 0.25) is 0 Å². The molecule has 27 heavy (non-hydrogen) atoms. The Balaban J connectivity index is 0. The second-order valence-corrected chi connectivity index (χ2v) is 8.78. The van der Waals surface area contributed by atoms with Gasteiger partial charge in [-0.2, -0.15) is 8.42 Å². The summed E-state index contributed by atoms with van der Waals surface area (Å²) in [6.07, 6.45) is 19.4. The van der Waals surface area contributed by atoms with E-state index in [1.165, 1.54) is 77.0 Å². The summed E-state index contributed by atoms with van der Waals surface area (Å²) in [6, 6.07) is 0. The summed E-state index contributed by atoms with van der Waals surface area (Å²) in [6.45, 7) is 1.99. The average Bonchev–Trinajstić information content (AvgIpc) is 2.57. The van der Waals surface area contributed by atoms with Crippen molar-refractivity contribution in [2.24, 2.45) is 0 Å². The number of esters is 1. The number of carbonyl (C=O) groups excluding carboxylic acids is 1. The van der Waals surface area contributed by atoms with Gasteiger partial charge in [-0.25, -0.2) is 0 Å². The zero-order valence-corrected chi connectivity index (χ0v) is 17.5. The van der Waals surface area contributed by atoms with Gasteiger partial charge in [0.05, 0.1) is 0 Å². The SMILES string of the molecule is CCCCCCCCCCCCCCCCCC(=O)OCCS(=O)(=O)O.[NaH]. The van der Waals surface area contributed by atoms with E-state index in [0.29, 0.717) is 6.42 Å². The molecule has 1 N–H and O–H groups in total. The molecule has 0 fully saturated rings. The number of ether oxygens (including phenoxy) is 1. The van der Waals surface area contributed by atoms with E-state index in [2.05, 4.69) is 6.92 Å². The molecule has 0 amide bonds. The monoisotopic (exact) mass is 416 g/mol. The molecule has 0 aliphatic carbocycles. The summed E-state index contributed by atoms with van der Waals surface area (Å²) in [5, 5.41) is 0. The molecule has 0 bridgehead atoms. The third-order valence-electron chi connectivity index (χ3n) is 4.59. The van der Waals surface area contributed by atoms with Crippen LogP contribution in [0.15, 0.2) is 0 Å². The molecule has 0 spiro atoms. The van der Waals surface area contributed by atoms with Crippen LogP contribution in [-0.4, -0.2) is 60.9 Å². The molecular weight excluding hydrogens is 375 g/mol. The fraction of sp³-hybridized carbons (Fsp3) is 0.950. The number of hydrogen-bond acceptors (Lipinski definition) is 4. The van der Waals surface area contributed by atoms with E-state index < -0.39 is 15.9 Å². The van der Waals surface area contributed by atoms with Gasteiger partial charge in [-0.15, -0.1) is 0 Å². The second kappa shape index (κ2) is 21.1.